The van der Waals surface area contributed by atoms with E-state index >= 15 is 0 Å². The Balaban J connectivity index is 1.40. The second-order valence-corrected chi connectivity index (χ2v) is 6.55. The van der Waals surface area contributed by atoms with E-state index in [4.69, 9.17) is 5.73 Å². The molecule has 2 heteroatoms. The van der Waals surface area contributed by atoms with Crippen molar-refractivity contribution in [2.75, 3.05) is 0 Å². The molecule has 3 saturated carbocycles. The Morgan fingerprint density at radius 3 is 3.00 bits per heavy atom. The molecule has 2 N–H and O–H groups in total. The predicted molar refractivity (Wildman–Crippen MR) is 61.7 cm³/mol. The van der Waals surface area contributed by atoms with Gasteiger partial charge in [0, 0.05) is 6.42 Å². The number of Topliss-reactive ketones (excluding diaryl/α,β-unsaturated/α-hetero) is 1. The van der Waals surface area contributed by atoms with Crippen LogP contribution in [-0.2, 0) is 4.79 Å². The first-order valence-corrected chi connectivity index (χ1v) is 6.65. The summed E-state index contributed by atoms with van der Waals surface area (Å²) in [6.07, 6.45) is 11.2. The van der Waals surface area contributed by atoms with Gasteiger partial charge in [0.2, 0.25) is 0 Å². The first-order chi connectivity index (χ1) is 7.63. The largest absolute Gasteiger partial charge is 0.319 e. The SMILES string of the molecule is NC1(C(=O)CCC23C=CC4CC4C2C3)CC1. The number of nitrogens with two attached hydrogens (primary N) is 1. The van der Waals surface area contributed by atoms with Crippen LogP contribution in [0.2, 0.25) is 0 Å². The van der Waals surface area contributed by atoms with Crippen LogP contribution in [0.1, 0.15) is 38.5 Å². The van der Waals surface area contributed by atoms with E-state index in [1.165, 1.54) is 12.8 Å². The van der Waals surface area contributed by atoms with Gasteiger partial charge in [-0.25, -0.2) is 0 Å². The molecule has 4 aliphatic carbocycles. The number of ketones is 1. The average Bonchev–Trinajstić information content (AvgIpc) is 3.07. The molecule has 4 rings (SSSR count). The fourth-order valence-electron chi connectivity index (χ4n) is 3.73. The van der Waals surface area contributed by atoms with Crippen molar-refractivity contribution < 1.29 is 4.79 Å². The number of hydrogen-bond donors (Lipinski definition) is 1. The van der Waals surface area contributed by atoms with Crippen LogP contribution < -0.4 is 5.73 Å². The van der Waals surface area contributed by atoms with Crippen molar-refractivity contribution in [3.8, 4) is 0 Å². The first kappa shape index (κ1) is 9.41. The normalized spacial score (nSPS) is 49.2. The molecule has 0 saturated heterocycles. The summed E-state index contributed by atoms with van der Waals surface area (Å²) in [5, 5.41) is 0. The van der Waals surface area contributed by atoms with E-state index in [2.05, 4.69) is 12.2 Å². The van der Waals surface area contributed by atoms with E-state index in [0.717, 1.165) is 37.0 Å². The van der Waals surface area contributed by atoms with Gasteiger partial charge in [-0.15, -0.1) is 0 Å². The number of carbonyl (C=O) groups excluding carboxylic acids is 1. The zero-order valence-electron chi connectivity index (χ0n) is 9.61. The highest BCUT2D eigenvalue weighted by atomic mass is 16.1. The van der Waals surface area contributed by atoms with Crippen LogP contribution in [0.5, 0.6) is 0 Å². The summed E-state index contributed by atoms with van der Waals surface area (Å²) in [4.78, 5) is 11.9. The maximum atomic E-state index is 11.9. The monoisotopic (exact) mass is 217 g/mol. The first-order valence-electron chi connectivity index (χ1n) is 6.65. The van der Waals surface area contributed by atoms with Gasteiger partial charge in [-0.2, -0.15) is 0 Å². The van der Waals surface area contributed by atoms with E-state index in [9.17, 15) is 4.79 Å². The summed E-state index contributed by atoms with van der Waals surface area (Å²) in [7, 11) is 0. The van der Waals surface area contributed by atoms with E-state index in [1.807, 2.05) is 0 Å². The highest BCUT2D eigenvalue weighted by Crippen LogP contribution is 2.71. The highest BCUT2D eigenvalue weighted by Gasteiger charge is 2.63. The van der Waals surface area contributed by atoms with E-state index in [-0.39, 0.29) is 0 Å². The number of fused-ring (bicyclic) bond motifs is 3. The number of carbonyl (C=O) groups is 1. The molecule has 4 atom stereocenters. The van der Waals surface area contributed by atoms with Gasteiger partial charge in [0.1, 0.15) is 0 Å². The van der Waals surface area contributed by atoms with Crippen molar-refractivity contribution in [3.05, 3.63) is 12.2 Å². The number of rotatable bonds is 4. The lowest BCUT2D eigenvalue weighted by molar-refractivity contribution is -0.121. The molecule has 4 unspecified atom stereocenters. The fourth-order valence-corrected chi connectivity index (χ4v) is 3.73. The molecule has 0 amide bonds. The molecule has 0 aromatic carbocycles. The zero-order chi connectivity index (χ0) is 11.0. The van der Waals surface area contributed by atoms with Crippen LogP contribution in [0.3, 0.4) is 0 Å². The second-order valence-electron chi connectivity index (χ2n) is 6.55. The van der Waals surface area contributed by atoms with Crippen LogP contribution in [0.15, 0.2) is 12.2 Å². The van der Waals surface area contributed by atoms with Crippen molar-refractivity contribution in [1.29, 1.82) is 0 Å². The van der Waals surface area contributed by atoms with Crippen LogP contribution in [0.4, 0.5) is 0 Å². The van der Waals surface area contributed by atoms with Gasteiger partial charge < -0.3 is 5.73 Å². The summed E-state index contributed by atoms with van der Waals surface area (Å²) in [5.41, 5.74) is 5.96. The molecule has 0 bridgehead atoms. The van der Waals surface area contributed by atoms with Crippen molar-refractivity contribution in [3.63, 3.8) is 0 Å². The van der Waals surface area contributed by atoms with Crippen LogP contribution in [0.25, 0.3) is 0 Å². The molecule has 86 valence electrons. The van der Waals surface area contributed by atoms with E-state index in [0.29, 0.717) is 17.6 Å². The standard InChI is InChI=1S/C14H19NO/c15-14(5-6-14)12(16)2-4-13-3-1-9-7-10(9)11(13)8-13/h1,3,9-11H,2,4-8,15H2. The number of hydrogen-bond acceptors (Lipinski definition) is 2. The summed E-state index contributed by atoms with van der Waals surface area (Å²) >= 11 is 0. The minimum Gasteiger partial charge on any atom is -0.319 e. The van der Waals surface area contributed by atoms with Crippen molar-refractivity contribution >= 4 is 5.78 Å². The van der Waals surface area contributed by atoms with Gasteiger partial charge in [-0.3, -0.25) is 4.79 Å². The molecular formula is C14H19NO. The van der Waals surface area contributed by atoms with E-state index < -0.39 is 5.54 Å². The second kappa shape index (κ2) is 2.61. The lowest BCUT2D eigenvalue weighted by Gasteiger charge is -2.16. The lowest BCUT2D eigenvalue weighted by atomic mass is 9.89. The molecule has 0 aromatic rings. The van der Waals surface area contributed by atoms with Crippen molar-refractivity contribution in [2.24, 2.45) is 28.9 Å². The fraction of sp³-hybridized carbons (Fsp3) is 0.786. The van der Waals surface area contributed by atoms with Gasteiger partial charge >= 0.3 is 0 Å². The van der Waals surface area contributed by atoms with Crippen LogP contribution >= 0.6 is 0 Å². The van der Waals surface area contributed by atoms with Crippen molar-refractivity contribution in [2.45, 2.75) is 44.1 Å². The molecule has 0 aliphatic heterocycles. The Hall–Kier alpha value is -0.630. The molecule has 3 fully saturated rings. The maximum absolute atomic E-state index is 11.9. The topological polar surface area (TPSA) is 43.1 Å². The predicted octanol–water partition coefficient (Wildman–Crippen LogP) is 2.04. The van der Waals surface area contributed by atoms with Gasteiger partial charge in [0.15, 0.2) is 5.78 Å². The minimum absolute atomic E-state index is 0.318. The molecule has 0 aromatic heterocycles. The molecule has 0 radical (unpaired) electrons. The Labute approximate surface area is 96.3 Å². The smallest absolute Gasteiger partial charge is 0.152 e. The quantitative estimate of drug-likeness (QED) is 0.732. The summed E-state index contributed by atoms with van der Waals surface area (Å²) in [6.45, 7) is 0. The average molecular weight is 217 g/mol. The molecule has 16 heavy (non-hydrogen) atoms. The highest BCUT2D eigenvalue weighted by molar-refractivity contribution is 5.91. The zero-order valence-corrected chi connectivity index (χ0v) is 9.61. The number of allylic oxidation sites excluding steroid dienone is 2. The lowest BCUT2D eigenvalue weighted by Crippen LogP contribution is -2.33. The third-order valence-electron chi connectivity index (χ3n) is 5.42. The molecule has 2 nitrogen and oxygen atoms in total. The van der Waals surface area contributed by atoms with Gasteiger partial charge in [-0.1, -0.05) is 12.2 Å². The molecule has 0 heterocycles. The molecule has 0 spiro atoms. The minimum atomic E-state index is -0.401. The molecule has 4 aliphatic rings. The Morgan fingerprint density at radius 2 is 2.25 bits per heavy atom. The third-order valence-corrected chi connectivity index (χ3v) is 5.42. The Bertz CT molecular complexity index is 396. The van der Waals surface area contributed by atoms with Gasteiger partial charge in [0.25, 0.3) is 0 Å². The van der Waals surface area contributed by atoms with Gasteiger partial charge in [-0.05, 0) is 55.3 Å². The third kappa shape index (κ3) is 1.20. The summed E-state index contributed by atoms with van der Waals surface area (Å²) < 4.78 is 0. The van der Waals surface area contributed by atoms with Crippen LogP contribution in [0, 0.1) is 23.2 Å². The summed E-state index contributed by atoms with van der Waals surface area (Å²) in [6, 6.07) is 0. The van der Waals surface area contributed by atoms with Crippen molar-refractivity contribution in [1.82, 2.24) is 0 Å². The van der Waals surface area contributed by atoms with Gasteiger partial charge in [0.05, 0.1) is 5.54 Å². The van der Waals surface area contributed by atoms with E-state index in [1.54, 1.807) is 0 Å². The molecular weight excluding hydrogens is 198 g/mol. The Kier molecular flexibility index (Phi) is 1.53. The summed E-state index contributed by atoms with van der Waals surface area (Å²) in [5.74, 6) is 3.12. The maximum Gasteiger partial charge on any atom is 0.152 e. The Morgan fingerprint density at radius 1 is 1.44 bits per heavy atom. The van der Waals surface area contributed by atoms with Crippen LogP contribution in [-0.4, -0.2) is 11.3 Å².